The molecule has 6 atom stereocenters. The number of oxime groups is 1. The molecule has 4 aromatic rings. The molecule has 2 aliphatic carbocycles. The largest absolute Gasteiger partial charge is 0.459 e. The zero-order valence-electron chi connectivity index (χ0n) is 41.1. The Balaban J connectivity index is 1.34. The number of rotatable bonds is 26. The predicted octanol–water partition coefficient (Wildman–Crippen LogP) is 10.2. The molecule has 0 radical (unpaired) electrons. The smallest absolute Gasteiger partial charge is 0.410 e. The van der Waals surface area contributed by atoms with Crippen molar-refractivity contribution in [1.82, 2.24) is 4.90 Å². The van der Waals surface area contributed by atoms with Gasteiger partial charge in [0, 0.05) is 37.7 Å². The van der Waals surface area contributed by atoms with Crippen LogP contribution in [0.15, 0.2) is 133 Å². The highest BCUT2D eigenvalue weighted by Gasteiger charge is 2.65. The van der Waals surface area contributed by atoms with Crippen LogP contribution in [0.2, 0.25) is 0 Å². The van der Waals surface area contributed by atoms with Crippen LogP contribution in [0, 0.1) is 17.8 Å². The zero-order valence-corrected chi connectivity index (χ0v) is 41.1. The minimum atomic E-state index is -1.51. The van der Waals surface area contributed by atoms with Crippen LogP contribution >= 0.6 is 0 Å². The highest BCUT2D eigenvalue weighted by atomic mass is 16.7. The molecule has 0 saturated heterocycles. The molecule has 1 amide bonds. The Morgan fingerprint density at radius 2 is 1.51 bits per heavy atom. The van der Waals surface area contributed by atoms with E-state index in [2.05, 4.69) is 43.0 Å². The lowest BCUT2D eigenvalue weighted by molar-refractivity contribution is -0.256. The van der Waals surface area contributed by atoms with Crippen molar-refractivity contribution in [3.05, 3.63) is 139 Å². The zero-order chi connectivity index (χ0) is 49.4. The first kappa shape index (κ1) is 52.3. The Morgan fingerprint density at radius 3 is 2.21 bits per heavy atom. The summed E-state index contributed by atoms with van der Waals surface area (Å²) in [6.07, 6.45) is 8.02. The van der Waals surface area contributed by atoms with Crippen LogP contribution in [0.5, 0.6) is 17.2 Å². The van der Waals surface area contributed by atoms with Crippen LogP contribution in [0.25, 0.3) is 11.1 Å². The summed E-state index contributed by atoms with van der Waals surface area (Å²) >= 11 is 0. The van der Waals surface area contributed by atoms with Gasteiger partial charge >= 0.3 is 6.09 Å². The lowest BCUT2D eigenvalue weighted by atomic mass is 9.55. The number of aliphatic hydroxyl groups is 3. The Hall–Kier alpha value is -5.54. The molecule has 70 heavy (non-hydrogen) atoms. The number of allylic oxidation sites excluding steroid dienone is 1. The number of hydrogen-bond acceptors (Lipinski definition) is 12. The minimum absolute atomic E-state index is 0.00680. The van der Waals surface area contributed by atoms with Crippen molar-refractivity contribution in [2.45, 2.75) is 95.7 Å². The lowest BCUT2D eigenvalue weighted by Crippen LogP contribution is -2.70. The molecule has 1 saturated carbocycles. The second kappa shape index (κ2) is 25.5. The molecule has 1 heterocycles. The van der Waals surface area contributed by atoms with E-state index in [1.54, 1.807) is 11.0 Å². The Morgan fingerprint density at radius 1 is 0.814 bits per heavy atom. The maximum absolute atomic E-state index is 14.8. The fourth-order valence-electron chi connectivity index (χ4n) is 10.1. The molecule has 0 spiro atoms. The first-order valence-electron chi connectivity index (χ1n) is 24.9. The fourth-order valence-corrected chi connectivity index (χ4v) is 10.1. The Bertz CT molecular complexity index is 2320. The van der Waals surface area contributed by atoms with E-state index < -0.39 is 29.4 Å². The normalized spacial score (nSPS) is 22.0. The average molecular weight is 961 g/mol. The molecule has 6 unspecified atom stereocenters. The van der Waals surface area contributed by atoms with Crippen molar-refractivity contribution in [3.8, 4) is 28.4 Å². The number of fused-ring (bicyclic) bond motifs is 2. The number of amides is 1. The third kappa shape index (κ3) is 13.2. The van der Waals surface area contributed by atoms with Crippen molar-refractivity contribution in [1.29, 1.82) is 0 Å². The third-order valence-corrected chi connectivity index (χ3v) is 13.2. The van der Waals surface area contributed by atoms with Gasteiger partial charge < -0.3 is 48.6 Å². The van der Waals surface area contributed by atoms with Gasteiger partial charge in [0.25, 0.3) is 0 Å². The van der Waals surface area contributed by atoms with E-state index >= 15 is 0 Å². The van der Waals surface area contributed by atoms with Crippen LogP contribution < -0.4 is 9.47 Å². The van der Waals surface area contributed by atoms with Gasteiger partial charge in [-0.1, -0.05) is 103 Å². The molecule has 13 nitrogen and oxygen atoms in total. The summed E-state index contributed by atoms with van der Waals surface area (Å²) in [7, 11) is 0. The number of ether oxygens (including phenoxy) is 6. The highest BCUT2D eigenvalue weighted by molar-refractivity contribution is 6.03. The van der Waals surface area contributed by atoms with Crippen molar-refractivity contribution >= 4 is 11.8 Å². The van der Waals surface area contributed by atoms with Gasteiger partial charge in [-0.15, -0.1) is 6.58 Å². The molecule has 3 N–H and O–H groups in total. The number of carbonyl (C=O) groups is 1. The molecule has 7 rings (SSSR count). The van der Waals surface area contributed by atoms with E-state index in [9.17, 15) is 20.1 Å². The first-order chi connectivity index (χ1) is 34.1. The van der Waals surface area contributed by atoms with Crippen molar-refractivity contribution in [2.75, 3.05) is 59.4 Å². The monoisotopic (exact) mass is 961 g/mol. The van der Waals surface area contributed by atoms with Gasteiger partial charge in [-0.25, -0.2) is 4.79 Å². The molecule has 1 aliphatic heterocycles. The molecule has 0 bridgehead atoms. The van der Waals surface area contributed by atoms with Gasteiger partial charge in [0.2, 0.25) is 5.79 Å². The summed E-state index contributed by atoms with van der Waals surface area (Å²) < 4.78 is 38.9. The number of carbonyl (C=O) groups excluding carboxylic acids is 1. The SMILES string of the molecule is C=CCOC12Oc3ccc(Oc4ccc(-c5ccccc5)cc4)cc3C3C(CCCCO)C(CCCCO)C=C(C(=NOC(C)(C)C)CC1N(CCOCCO)C(=O)OCCOCc1ccccc1)C32. The minimum Gasteiger partial charge on any atom is -0.459 e. The van der Waals surface area contributed by atoms with Gasteiger partial charge in [0.05, 0.1) is 51.3 Å². The molecule has 13 heteroatoms. The quantitative estimate of drug-likeness (QED) is 0.0313. The van der Waals surface area contributed by atoms with Crippen LogP contribution in [0.1, 0.15) is 82.8 Å². The van der Waals surface area contributed by atoms with E-state index in [0.29, 0.717) is 42.4 Å². The molecule has 0 aromatic heterocycles. The number of benzene rings is 4. The Labute approximate surface area is 413 Å². The van der Waals surface area contributed by atoms with Crippen molar-refractivity contribution in [2.24, 2.45) is 22.9 Å². The number of nitrogens with zero attached hydrogens (tertiary/aromatic N) is 2. The fraction of sp³-hybridized carbons (Fsp3) is 0.474. The third-order valence-electron chi connectivity index (χ3n) is 13.2. The van der Waals surface area contributed by atoms with E-state index in [4.69, 9.17) is 38.4 Å². The molecule has 376 valence electrons. The number of unbranched alkanes of at least 4 members (excludes halogenated alkanes) is 2. The van der Waals surface area contributed by atoms with Crippen LogP contribution in [0.3, 0.4) is 0 Å². The maximum atomic E-state index is 14.8. The summed E-state index contributed by atoms with van der Waals surface area (Å²) in [5.74, 6) is -0.374. The van der Waals surface area contributed by atoms with E-state index in [-0.39, 0.29) is 83.6 Å². The summed E-state index contributed by atoms with van der Waals surface area (Å²) in [6, 6.07) is 33.1. The first-order valence-corrected chi connectivity index (χ1v) is 24.9. The van der Waals surface area contributed by atoms with Crippen molar-refractivity contribution in [3.63, 3.8) is 0 Å². The van der Waals surface area contributed by atoms with Gasteiger partial charge in [-0.2, -0.15) is 0 Å². The van der Waals surface area contributed by atoms with Gasteiger partial charge in [0.15, 0.2) is 0 Å². The summed E-state index contributed by atoms with van der Waals surface area (Å²) in [6.45, 7) is 10.7. The summed E-state index contributed by atoms with van der Waals surface area (Å²) in [5, 5.41) is 34.7. The van der Waals surface area contributed by atoms with Crippen molar-refractivity contribution < 1.29 is 53.4 Å². The molecule has 3 aliphatic rings. The second-order valence-corrected chi connectivity index (χ2v) is 19.2. The van der Waals surface area contributed by atoms with Gasteiger partial charge in [0.1, 0.15) is 35.5 Å². The van der Waals surface area contributed by atoms with E-state index in [1.165, 1.54) is 0 Å². The number of hydrogen-bond donors (Lipinski definition) is 3. The molecular formula is C57H72N2O11. The van der Waals surface area contributed by atoms with Crippen LogP contribution in [-0.2, 0) is 30.4 Å². The molecule has 1 fully saturated rings. The second-order valence-electron chi connectivity index (χ2n) is 19.2. The molecule has 4 aromatic carbocycles. The predicted molar refractivity (Wildman–Crippen MR) is 270 cm³/mol. The van der Waals surface area contributed by atoms with E-state index in [0.717, 1.165) is 53.5 Å². The standard InChI is InChI=1S/C57H72N2O11/c1-5-32-67-57-52(59(28-33-64-34-31-62)55(63)66-36-35-65-40-41-16-8-6-9-17-41)39-50(58-70-56(2,3)4)48-37-44(20-12-14-29-60)47(21-13-15-30-61)53(54(48)57)49-38-46(26-27-51(49)69-57)68-45-24-22-43(23-25-45)42-18-10-7-11-19-42/h5-11,16-19,22-27,37-38,44,47,52-54,60-62H,1,12-15,20-21,28-36,39-40H2,2-4H3. The highest BCUT2D eigenvalue weighted by Crippen LogP contribution is 2.62. The van der Waals surface area contributed by atoms with Gasteiger partial charge in [-0.3, -0.25) is 4.90 Å². The topological polar surface area (TPSA) is 158 Å². The Kier molecular flexibility index (Phi) is 19.1. The van der Waals surface area contributed by atoms with Gasteiger partial charge in [-0.05, 0) is 111 Å². The average Bonchev–Trinajstić information content (AvgIpc) is 3.37. The lowest BCUT2D eigenvalue weighted by Gasteiger charge is -2.59. The number of aliphatic hydroxyl groups excluding tert-OH is 3. The maximum Gasteiger partial charge on any atom is 0.410 e. The van der Waals surface area contributed by atoms with E-state index in [1.807, 2.05) is 93.6 Å². The van der Waals surface area contributed by atoms with Crippen LogP contribution in [0.4, 0.5) is 4.79 Å². The summed E-state index contributed by atoms with van der Waals surface area (Å²) in [5.41, 5.74) is 5.06. The summed E-state index contributed by atoms with van der Waals surface area (Å²) in [4.78, 5) is 22.7. The van der Waals surface area contributed by atoms with Crippen LogP contribution in [-0.4, -0.2) is 109 Å². The molecular weight excluding hydrogens is 889 g/mol.